The Bertz CT molecular complexity index is 307. The van der Waals surface area contributed by atoms with Crippen LogP contribution < -0.4 is 0 Å². The molecule has 1 fully saturated rings. The van der Waals surface area contributed by atoms with E-state index < -0.39 is 0 Å². The highest BCUT2D eigenvalue weighted by molar-refractivity contribution is 5.05. The monoisotopic (exact) mass is 164 g/mol. The topological polar surface area (TPSA) is 63.7 Å². The van der Waals surface area contributed by atoms with Crippen molar-refractivity contribution in [3.8, 4) is 6.07 Å². The van der Waals surface area contributed by atoms with Gasteiger partial charge in [0.05, 0.1) is 12.6 Å². The first kappa shape index (κ1) is 7.25. The number of hydrogen-bond donors (Lipinski definition) is 0. The Labute approximate surface area is 69.6 Å². The fraction of sp³-hybridized carbons (Fsp3) is 0.571. The van der Waals surface area contributed by atoms with Crippen molar-refractivity contribution in [2.24, 2.45) is 0 Å². The third-order valence-electron chi connectivity index (χ3n) is 1.89. The lowest BCUT2D eigenvalue weighted by Gasteiger charge is -2.04. The van der Waals surface area contributed by atoms with E-state index in [9.17, 15) is 0 Å². The average molecular weight is 164 g/mol. The van der Waals surface area contributed by atoms with Crippen LogP contribution in [0.15, 0.2) is 6.33 Å². The Morgan fingerprint density at radius 2 is 2.67 bits per heavy atom. The second-order valence-corrected chi connectivity index (χ2v) is 2.68. The molecule has 0 radical (unpaired) electrons. The van der Waals surface area contributed by atoms with Gasteiger partial charge in [-0.25, -0.2) is 9.67 Å². The van der Waals surface area contributed by atoms with Crippen molar-refractivity contribution in [1.82, 2.24) is 14.8 Å². The van der Waals surface area contributed by atoms with Gasteiger partial charge in [-0.1, -0.05) is 0 Å². The van der Waals surface area contributed by atoms with Crippen LogP contribution in [0.1, 0.15) is 18.3 Å². The van der Waals surface area contributed by atoms with E-state index in [1.165, 1.54) is 0 Å². The SMILES string of the molecule is N#Cc1ncn(C2CCOC2)n1. The Morgan fingerprint density at radius 1 is 1.75 bits per heavy atom. The van der Waals surface area contributed by atoms with Crippen molar-refractivity contribution >= 4 is 0 Å². The summed E-state index contributed by atoms with van der Waals surface area (Å²) in [5.41, 5.74) is 0. The molecule has 0 amide bonds. The zero-order valence-electron chi connectivity index (χ0n) is 6.47. The maximum atomic E-state index is 8.47. The van der Waals surface area contributed by atoms with Crippen molar-refractivity contribution in [3.05, 3.63) is 12.2 Å². The van der Waals surface area contributed by atoms with Gasteiger partial charge in [0.2, 0.25) is 0 Å². The molecule has 0 aromatic carbocycles. The van der Waals surface area contributed by atoms with Crippen LogP contribution in [0.25, 0.3) is 0 Å². The number of nitrogens with zero attached hydrogens (tertiary/aromatic N) is 4. The molecule has 62 valence electrons. The highest BCUT2D eigenvalue weighted by Crippen LogP contribution is 2.16. The van der Waals surface area contributed by atoms with Crippen LogP contribution in [0.5, 0.6) is 0 Å². The molecule has 1 aliphatic heterocycles. The lowest BCUT2D eigenvalue weighted by Crippen LogP contribution is -2.09. The van der Waals surface area contributed by atoms with Gasteiger partial charge in [-0.2, -0.15) is 5.26 Å². The third-order valence-corrected chi connectivity index (χ3v) is 1.89. The van der Waals surface area contributed by atoms with E-state index in [1.54, 1.807) is 11.0 Å². The van der Waals surface area contributed by atoms with Crippen molar-refractivity contribution in [3.63, 3.8) is 0 Å². The molecule has 2 heterocycles. The van der Waals surface area contributed by atoms with Crippen molar-refractivity contribution in [1.29, 1.82) is 5.26 Å². The molecule has 1 unspecified atom stereocenters. The summed E-state index contributed by atoms with van der Waals surface area (Å²) in [7, 11) is 0. The third kappa shape index (κ3) is 1.17. The molecule has 5 nitrogen and oxygen atoms in total. The van der Waals surface area contributed by atoms with Crippen LogP contribution in [0.2, 0.25) is 0 Å². The van der Waals surface area contributed by atoms with Gasteiger partial charge in [0.15, 0.2) is 0 Å². The summed E-state index contributed by atoms with van der Waals surface area (Å²) < 4.78 is 6.88. The molecule has 1 aliphatic rings. The van der Waals surface area contributed by atoms with Crippen LogP contribution in [-0.2, 0) is 4.74 Å². The lowest BCUT2D eigenvalue weighted by atomic mass is 10.3. The van der Waals surface area contributed by atoms with E-state index in [-0.39, 0.29) is 11.9 Å². The molecule has 1 aromatic heterocycles. The summed E-state index contributed by atoms with van der Waals surface area (Å²) in [4.78, 5) is 3.81. The van der Waals surface area contributed by atoms with Crippen LogP contribution in [0.4, 0.5) is 0 Å². The Morgan fingerprint density at radius 3 is 3.25 bits per heavy atom. The predicted molar refractivity (Wildman–Crippen MR) is 39.2 cm³/mol. The summed E-state index contributed by atoms with van der Waals surface area (Å²) in [5, 5.41) is 12.4. The molecular weight excluding hydrogens is 156 g/mol. The summed E-state index contributed by atoms with van der Waals surface area (Å²) in [6.45, 7) is 1.45. The first-order valence-corrected chi connectivity index (χ1v) is 3.79. The standard InChI is InChI=1S/C7H8N4O/c8-3-7-9-5-11(10-7)6-1-2-12-4-6/h5-6H,1-2,4H2. The van der Waals surface area contributed by atoms with Gasteiger partial charge >= 0.3 is 0 Å². The van der Waals surface area contributed by atoms with E-state index >= 15 is 0 Å². The van der Waals surface area contributed by atoms with E-state index in [0.29, 0.717) is 6.61 Å². The summed E-state index contributed by atoms with van der Waals surface area (Å²) in [6, 6.07) is 2.15. The molecule has 1 atom stereocenters. The number of ether oxygens (including phenoxy) is 1. The van der Waals surface area contributed by atoms with Gasteiger partial charge in [0.25, 0.3) is 5.82 Å². The highest BCUT2D eigenvalue weighted by Gasteiger charge is 2.18. The lowest BCUT2D eigenvalue weighted by molar-refractivity contribution is 0.184. The minimum atomic E-state index is 0.224. The molecule has 0 spiro atoms. The highest BCUT2D eigenvalue weighted by atomic mass is 16.5. The molecule has 0 aliphatic carbocycles. The average Bonchev–Trinajstić information content (AvgIpc) is 2.75. The fourth-order valence-electron chi connectivity index (χ4n) is 1.23. The van der Waals surface area contributed by atoms with Crippen molar-refractivity contribution in [2.75, 3.05) is 13.2 Å². The number of aromatic nitrogens is 3. The van der Waals surface area contributed by atoms with Gasteiger partial charge in [-0.05, 0) is 6.42 Å². The van der Waals surface area contributed by atoms with Crippen LogP contribution >= 0.6 is 0 Å². The molecular formula is C7H8N4O. The summed E-state index contributed by atoms with van der Waals surface area (Å²) >= 11 is 0. The molecule has 12 heavy (non-hydrogen) atoms. The number of hydrogen-bond acceptors (Lipinski definition) is 4. The normalized spacial score (nSPS) is 22.4. The second kappa shape index (κ2) is 2.91. The van der Waals surface area contributed by atoms with Crippen molar-refractivity contribution < 1.29 is 4.74 Å². The van der Waals surface area contributed by atoms with E-state index in [2.05, 4.69) is 10.1 Å². The fourth-order valence-corrected chi connectivity index (χ4v) is 1.23. The van der Waals surface area contributed by atoms with Gasteiger partial charge < -0.3 is 4.74 Å². The minimum Gasteiger partial charge on any atom is -0.379 e. The first-order valence-electron chi connectivity index (χ1n) is 3.79. The molecule has 0 bridgehead atoms. The van der Waals surface area contributed by atoms with E-state index in [1.807, 2.05) is 6.07 Å². The van der Waals surface area contributed by atoms with Crippen LogP contribution in [-0.4, -0.2) is 28.0 Å². The van der Waals surface area contributed by atoms with E-state index in [0.717, 1.165) is 13.0 Å². The van der Waals surface area contributed by atoms with Gasteiger partial charge in [-0.3, -0.25) is 0 Å². The predicted octanol–water partition coefficient (Wildman–Crippen LogP) is 0.111. The number of rotatable bonds is 1. The zero-order chi connectivity index (χ0) is 8.39. The molecule has 5 heteroatoms. The Hall–Kier alpha value is -1.41. The largest absolute Gasteiger partial charge is 0.379 e. The van der Waals surface area contributed by atoms with Crippen molar-refractivity contribution in [2.45, 2.75) is 12.5 Å². The summed E-state index contributed by atoms with van der Waals surface area (Å²) in [6.07, 6.45) is 2.53. The Kier molecular flexibility index (Phi) is 1.76. The Balaban J connectivity index is 2.17. The molecule has 0 N–H and O–H groups in total. The zero-order valence-corrected chi connectivity index (χ0v) is 6.47. The minimum absolute atomic E-state index is 0.224. The quantitative estimate of drug-likeness (QED) is 0.591. The van der Waals surface area contributed by atoms with Crippen LogP contribution in [0, 0.1) is 11.3 Å². The molecule has 2 rings (SSSR count). The smallest absolute Gasteiger partial charge is 0.252 e. The number of nitriles is 1. The summed E-state index contributed by atoms with van der Waals surface area (Å²) in [5.74, 6) is 0.224. The molecule has 1 saturated heterocycles. The van der Waals surface area contributed by atoms with E-state index in [4.69, 9.17) is 10.00 Å². The molecule has 1 aromatic rings. The first-order chi connectivity index (χ1) is 5.90. The second-order valence-electron chi connectivity index (χ2n) is 2.68. The van der Waals surface area contributed by atoms with Gasteiger partial charge in [0.1, 0.15) is 12.4 Å². The maximum absolute atomic E-state index is 8.47. The van der Waals surface area contributed by atoms with Gasteiger partial charge in [-0.15, -0.1) is 5.10 Å². The van der Waals surface area contributed by atoms with Gasteiger partial charge in [0, 0.05) is 6.61 Å². The molecule has 0 saturated carbocycles. The maximum Gasteiger partial charge on any atom is 0.252 e. The van der Waals surface area contributed by atoms with Crippen LogP contribution in [0.3, 0.4) is 0 Å².